The molecule has 122 valence electrons. The van der Waals surface area contributed by atoms with Gasteiger partial charge in [0.25, 0.3) is 0 Å². The summed E-state index contributed by atoms with van der Waals surface area (Å²) < 4.78 is 38.6. The largest absolute Gasteiger partial charge is 0.481 e. The highest BCUT2D eigenvalue weighted by atomic mass is 19.4. The molecule has 1 aliphatic rings. The smallest absolute Gasteiger partial charge is 0.416 e. The van der Waals surface area contributed by atoms with Crippen LogP contribution in [0.3, 0.4) is 0 Å². The van der Waals surface area contributed by atoms with Gasteiger partial charge < -0.3 is 10.0 Å². The van der Waals surface area contributed by atoms with Gasteiger partial charge >= 0.3 is 12.1 Å². The molecule has 23 heavy (non-hydrogen) atoms. The van der Waals surface area contributed by atoms with Gasteiger partial charge in [0.05, 0.1) is 17.0 Å². The second-order valence-corrected chi connectivity index (χ2v) is 5.78. The molecule has 1 atom stereocenters. The van der Waals surface area contributed by atoms with Crippen molar-refractivity contribution in [2.24, 2.45) is 5.92 Å². The Labute approximate surface area is 130 Å². The second-order valence-electron chi connectivity index (χ2n) is 5.78. The van der Waals surface area contributed by atoms with E-state index in [0.29, 0.717) is 30.6 Å². The molecule has 1 saturated heterocycles. The van der Waals surface area contributed by atoms with E-state index in [0.717, 1.165) is 17.8 Å². The predicted octanol–water partition coefficient (Wildman–Crippen LogP) is 3.47. The van der Waals surface area contributed by atoms with Crippen LogP contribution >= 0.6 is 0 Å². The number of carboxylic acid groups (broad SMARTS) is 1. The van der Waals surface area contributed by atoms with Crippen LogP contribution in [0.25, 0.3) is 10.9 Å². The highest BCUT2D eigenvalue weighted by Gasteiger charge is 2.32. The van der Waals surface area contributed by atoms with E-state index in [-0.39, 0.29) is 5.52 Å². The van der Waals surface area contributed by atoms with Crippen LogP contribution in [-0.2, 0) is 11.0 Å². The van der Waals surface area contributed by atoms with E-state index in [1.807, 2.05) is 4.90 Å². The predicted molar refractivity (Wildman–Crippen MR) is 79.4 cm³/mol. The number of anilines is 1. The number of pyridine rings is 1. The van der Waals surface area contributed by atoms with Gasteiger partial charge in [-0.3, -0.25) is 9.78 Å². The van der Waals surface area contributed by atoms with E-state index in [9.17, 15) is 18.0 Å². The fourth-order valence-electron chi connectivity index (χ4n) is 2.96. The molecule has 0 bridgehead atoms. The van der Waals surface area contributed by atoms with E-state index < -0.39 is 23.6 Å². The SMILES string of the molecule is Cc1cc(N2CCC(C(=O)O)C2)c2ccc(C(F)(F)F)cc2n1. The third-order valence-electron chi connectivity index (χ3n) is 4.12. The highest BCUT2D eigenvalue weighted by molar-refractivity contribution is 5.93. The molecule has 7 heteroatoms. The minimum atomic E-state index is -4.41. The maximum absolute atomic E-state index is 12.9. The van der Waals surface area contributed by atoms with E-state index >= 15 is 0 Å². The summed E-state index contributed by atoms with van der Waals surface area (Å²) in [6.07, 6.45) is -3.89. The maximum Gasteiger partial charge on any atom is 0.416 e. The standard InChI is InChI=1S/C16H15F3N2O2/c1-9-6-14(21-5-4-10(8-21)15(22)23)12-3-2-11(16(17,18)19)7-13(12)20-9/h2-3,6-7,10H,4-5,8H2,1H3,(H,22,23). The van der Waals surface area contributed by atoms with Crippen molar-refractivity contribution in [2.75, 3.05) is 18.0 Å². The van der Waals surface area contributed by atoms with Crippen molar-refractivity contribution < 1.29 is 23.1 Å². The molecule has 4 nitrogen and oxygen atoms in total. The Morgan fingerprint density at radius 3 is 2.70 bits per heavy atom. The van der Waals surface area contributed by atoms with Gasteiger partial charge in [-0.2, -0.15) is 13.2 Å². The first kappa shape index (κ1) is 15.6. The van der Waals surface area contributed by atoms with Crippen molar-refractivity contribution in [1.29, 1.82) is 0 Å². The Balaban J connectivity index is 2.06. The third kappa shape index (κ3) is 2.95. The first-order valence-corrected chi connectivity index (χ1v) is 7.22. The molecule has 0 aliphatic carbocycles. The van der Waals surface area contributed by atoms with Gasteiger partial charge in [0.15, 0.2) is 0 Å². The molecule has 0 spiro atoms. The summed E-state index contributed by atoms with van der Waals surface area (Å²) in [4.78, 5) is 17.2. The Morgan fingerprint density at radius 1 is 1.35 bits per heavy atom. The lowest BCUT2D eigenvalue weighted by molar-refractivity contribution is -0.141. The zero-order valence-corrected chi connectivity index (χ0v) is 12.4. The molecule has 1 fully saturated rings. The third-order valence-corrected chi connectivity index (χ3v) is 4.12. The van der Waals surface area contributed by atoms with Gasteiger partial charge in [-0.15, -0.1) is 0 Å². The molecule has 0 saturated carbocycles. The average molecular weight is 324 g/mol. The van der Waals surface area contributed by atoms with E-state index in [2.05, 4.69) is 4.98 Å². The summed E-state index contributed by atoms with van der Waals surface area (Å²) in [5.41, 5.74) is 0.878. The van der Waals surface area contributed by atoms with Crippen molar-refractivity contribution in [2.45, 2.75) is 19.5 Å². The Bertz CT molecular complexity index is 774. The summed E-state index contributed by atoms with van der Waals surface area (Å²) in [5.74, 6) is -1.30. The topological polar surface area (TPSA) is 53.4 Å². The molecule has 0 amide bonds. The Morgan fingerprint density at radius 2 is 2.09 bits per heavy atom. The summed E-state index contributed by atoms with van der Waals surface area (Å²) in [5, 5.41) is 9.71. The van der Waals surface area contributed by atoms with E-state index in [4.69, 9.17) is 5.11 Å². The number of halogens is 3. The van der Waals surface area contributed by atoms with Crippen LogP contribution in [0.5, 0.6) is 0 Å². The number of aryl methyl sites for hydroxylation is 1. The monoisotopic (exact) mass is 324 g/mol. The molecule has 1 unspecified atom stereocenters. The number of carbonyl (C=O) groups is 1. The van der Waals surface area contributed by atoms with Crippen molar-refractivity contribution >= 4 is 22.6 Å². The van der Waals surface area contributed by atoms with Crippen LogP contribution in [-0.4, -0.2) is 29.1 Å². The minimum absolute atomic E-state index is 0.272. The molecule has 1 aromatic carbocycles. The number of fused-ring (bicyclic) bond motifs is 1. The number of carboxylic acids is 1. The Kier molecular flexibility index (Phi) is 3.66. The lowest BCUT2D eigenvalue weighted by Crippen LogP contribution is -2.23. The van der Waals surface area contributed by atoms with Gasteiger partial charge in [0.1, 0.15) is 0 Å². The van der Waals surface area contributed by atoms with E-state index in [1.54, 1.807) is 13.0 Å². The molecule has 2 aromatic rings. The average Bonchev–Trinajstić information content (AvgIpc) is 2.94. The number of aliphatic carboxylic acids is 1. The molecule has 1 N–H and O–H groups in total. The summed E-state index contributed by atoms with van der Waals surface area (Å²) >= 11 is 0. The quantitative estimate of drug-likeness (QED) is 0.919. The zero-order valence-electron chi connectivity index (χ0n) is 12.4. The van der Waals surface area contributed by atoms with Crippen molar-refractivity contribution in [3.8, 4) is 0 Å². The Hall–Kier alpha value is -2.31. The summed E-state index contributed by atoms with van der Waals surface area (Å²) in [6.45, 7) is 2.64. The first-order chi connectivity index (χ1) is 10.8. The number of hydrogen-bond acceptors (Lipinski definition) is 3. The van der Waals surface area contributed by atoms with Crippen LogP contribution in [0, 0.1) is 12.8 Å². The second kappa shape index (κ2) is 5.40. The molecular formula is C16H15F3N2O2. The van der Waals surface area contributed by atoms with Crippen LogP contribution in [0.4, 0.5) is 18.9 Å². The van der Waals surface area contributed by atoms with Crippen molar-refractivity contribution in [1.82, 2.24) is 4.98 Å². The fraction of sp³-hybridized carbons (Fsp3) is 0.375. The van der Waals surface area contributed by atoms with Gasteiger partial charge in [-0.05, 0) is 31.5 Å². The molecule has 1 aromatic heterocycles. The number of alkyl halides is 3. The minimum Gasteiger partial charge on any atom is -0.481 e. The number of aromatic nitrogens is 1. The normalized spacial score (nSPS) is 18.6. The van der Waals surface area contributed by atoms with Crippen molar-refractivity contribution in [3.63, 3.8) is 0 Å². The zero-order chi connectivity index (χ0) is 16.8. The number of benzene rings is 1. The van der Waals surface area contributed by atoms with Gasteiger partial charge in [0.2, 0.25) is 0 Å². The van der Waals surface area contributed by atoms with Gasteiger partial charge in [-0.25, -0.2) is 0 Å². The molecule has 0 radical (unpaired) electrons. The van der Waals surface area contributed by atoms with Crippen LogP contribution in [0.15, 0.2) is 24.3 Å². The molecule has 1 aliphatic heterocycles. The van der Waals surface area contributed by atoms with Crippen LogP contribution in [0.2, 0.25) is 0 Å². The number of rotatable bonds is 2. The lowest BCUT2D eigenvalue weighted by Gasteiger charge is -2.21. The van der Waals surface area contributed by atoms with Crippen LogP contribution < -0.4 is 4.90 Å². The first-order valence-electron chi connectivity index (χ1n) is 7.22. The molecule has 3 rings (SSSR count). The molecular weight excluding hydrogens is 309 g/mol. The van der Waals surface area contributed by atoms with Crippen LogP contribution in [0.1, 0.15) is 17.7 Å². The van der Waals surface area contributed by atoms with Crippen molar-refractivity contribution in [3.05, 3.63) is 35.5 Å². The lowest BCUT2D eigenvalue weighted by atomic mass is 10.1. The highest BCUT2D eigenvalue weighted by Crippen LogP contribution is 2.35. The van der Waals surface area contributed by atoms with E-state index in [1.165, 1.54) is 6.07 Å². The number of nitrogens with zero attached hydrogens (tertiary/aromatic N) is 2. The summed E-state index contributed by atoms with van der Waals surface area (Å²) in [7, 11) is 0. The number of hydrogen-bond donors (Lipinski definition) is 1. The molecule has 2 heterocycles. The van der Waals surface area contributed by atoms with Gasteiger partial charge in [0, 0.05) is 29.9 Å². The summed E-state index contributed by atoms with van der Waals surface area (Å²) in [6, 6.07) is 5.28. The maximum atomic E-state index is 12.9. The fourth-order valence-corrected chi connectivity index (χ4v) is 2.96. The van der Waals surface area contributed by atoms with Gasteiger partial charge in [-0.1, -0.05) is 6.07 Å².